The number of hydrogen-bond donors (Lipinski definition) is 1. The quantitative estimate of drug-likeness (QED) is 0.528. The van der Waals surface area contributed by atoms with Gasteiger partial charge in [0.2, 0.25) is 5.16 Å². The van der Waals surface area contributed by atoms with Crippen molar-refractivity contribution >= 4 is 11.8 Å². The van der Waals surface area contributed by atoms with Crippen LogP contribution in [-0.2, 0) is 12.4 Å². The van der Waals surface area contributed by atoms with Gasteiger partial charge in [-0.3, -0.25) is 0 Å². The fourth-order valence-electron chi connectivity index (χ4n) is 2.06. The lowest BCUT2D eigenvalue weighted by atomic mass is 10.1. The Morgan fingerprint density at radius 1 is 1.15 bits per heavy atom. The first-order valence-electron chi connectivity index (χ1n) is 7.46. The third-order valence-electron chi connectivity index (χ3n) is 3.46. The zero-order chi connectivity index (χ0) is 18.5. The molecule has 0 fully saturated rings. The molecule has 1 heterocycles. The van der Waals surface area contributed by atoms with Gasteiger partial charge in [0.05, 0.1) is 11.6 Å². The summed E-state index contributed by atoms with van der Waals surface area (Å²) in [7, 11) is 0. The van der Waals surface area contributed by atoms with Crippen LogP contribution in [0.2, 0.25) is 0 Å². The molecule has 26 heavy (non-hydrogen) atoms. The average Bonchev–Trinajstić information content (AvgIpc) is 3.00. The molecule has 0 amide bonds. The summed E-state index contributed by atoms with van der Waals surface area (Å²) in [6.07, 6.45) is 0. The number of benzene rings is 2. The lowest BCUT2D eigenvalue weighted by Crippen LogP contribution is -2.15. The monoisotopic (exact) mass is 373 g/mol. The number of hydrogen-bond acceptors (Lipinski definition) is 6. The van der Waals surface area contributed by atoms with E-state index in [1.165, 1.54) is 46.8 Å². The van der Waals surface area contributed by atoms with Crippen molar-refractivity contribution in [3.63, 3.8) is 0 Å². The number of rotatable bonds is 6. The number of ether oxygens (including phenoxy) is 1. The van der Waals surface area contributed by atoms with Gasteiger partial charge in [-0.15, -0.1) is 10.2 Å². The largest absolute Gasteiger partial charge is 0.486 e. The van der Waals surface area contributed by atoms with Crippen LogP contribution >= 0.6 is 11.8 Å². The third-order valence-corrected chi connectivity index (χ3v) is 4.45. The number of halogens is 2. The van der Waals surface area contributed by atoms with E-state index in [2.05, 4.69) is 10.2 Å². The molecule has 0 bridgehead atoms. The third kappa shape index (κ3) is 4.10. The minimum Gasteiger partial charge on any atom is -0.486 e. The van der Waals surface area contributed by atoms with Gasteiger partial charge in [0.15, 0.2) is 5.82 Å². The smallest absolute Gasteiger partial charge is 0.210 e. The second-order valence-corrected chi connectivity index (χ2v) is 6.16. The summed E-state index contributed by atoms with van der Waals surface area (Å²) in [6, 6.07) is 11.7. The second kappa shape index (κ2) is 7.84. The fraction of sp³-hybridized carbons (Fsp3) is 0.118. The molecule has 0 unspecified atom stereocenters. The van der Waals surface area contributed by atoms with Crippen LogP contribution in [0.5, 0.6) is 5.75 Å². The van der Waals surface area contributed by atoms with Crippen LogP contribution in [-0.4, -0.2) is 14.9 Å². The van der Waals surface area contributed by atoms with Gasteiger partial charge in [-0.2, -0.15) is 5.26 Å². The summed E-state index contributed by atoms with van der Waals surface area (Å²) < 4.78 is 33.5. The van der Waals surface area contributed by atoms with E-state index in [9.17, 15) is 8.78 Å². The van der Waals surface area contributed by atoms with Gasteiger partial charge in [-0.1, -0.05) is 17.8 Å². The Hall–Kier alpha value is -3.12. The van der Waals surface area contributed by atoms with E-state index < -0.39 is 5.82 Å². The summed E-state index contributed by atoms with van der Waals surface area (Å²) in [5.41, 5.74) is 0.694. The predicted molar refractivity (Wildman–Crippen MR) is 91.6 cm³/mol. The number of nitriles is 1. The molecule has 0 radical (unpaired) electrons. The van der Waals surface area contributed by atoms with Gasteiger partial charge >= 0.3 is 0 Å². The van der Waals surface area contributed by atoms with Crippen LogP contribution in [0.3, 0.4) is 0 Å². The number of thioether (sulfide) groups is 1. The van der Waals surface area contributed by atoms with Crippen molar-refractivity contribution < 1.29 is 13.5 Å². The topological polar surface area (TPSA) is 89.8 Å². The maximum Gasteiger partial charge on any atom is 0.210 e. The number of nitrogen functional groups attached to an aromatic ring is 1. The van der Waals surface area contributed by atoms with Gasteiger partial charge < -0.3 is 10.6 Å². The highest BCUT2D eigenvalue weighted by Gasteiger charge is 2.12. The minimum atomic E-state index is -0.459. The summed E-state index contributed by atoms with van der Waals surface area (Å²) in [5.74, 6) is 6.25. The van der Waals surface area contributed by atoms with E-state index in [4.69, 9.17) is 15.8 Å². The van der Waals surface area contributed by atoms with Crippen LogP contribution in [0.1, 0.15) is 17.0 Å². The highest BCUT2D eigenvalue weighted by atomic mass is 32.2. The Morgan fingerprint density at radius 2 is 1.92 bits per heavy atom. The fourth-order valence-corrected chi connectivity index (χ4v) is 2.92. The Balaban J connectivity index is 1.62. The number of nitrogens with two attached hydrogens (primary N) is 1. The van der Waals surface area contributed by atoms with Crippen LogP contribution in [0.25, 0.3) is 0 Å². The Bertz CT molecular complexity index is 953. The number of nitrogens with zero attached hydrogens (tertiary/aromatic N) is 4. The molecule has 1 aromatic heterocycles. The van der Waals surface area contributed by atoms with E-state index in [0.717, 1.165) is 0 Å². The van der Waals surface area contributed by atoms with Gasteiger partial charge in [0.1, 0.15) is 24.0 Å². The van der Waals surface area contributed by atoms with Crippen molar-refractivity contribution in [2.24, 2.45) is 0 Å². The molecule has 0 aliphatic rings. The van der Waals surface area contributed by atoms with E-state index in [-0.39, 0.29) is 23.7 Å². The van der Waals surface area contributed by atoms with Crippen LogP contribution < -0.4 is 10.6 Å². The van der Waals surface area contributed by atoms with Crippen LogP contribution in [0.4, 0.5) is 8.78 Å². The van der Waals surface area contributed by atoms with Gasteiger partial charge in [-0.25, -0.2) is 13.5 Å². The maximum atomic E-state index is 13.9. The highest BCUT2D eigenvalue weighted by molar-refractivity contribution is 7.98. The first-order chi connectivity index (χ1) is 12.6. The lowest BCUT2D eigenvalue weighted by Gasteiger charge is -2.06. The Morgan fingerprint density at radius 3 is 2.62 bits per heavy atom. The van der Waals surface area contributed by atoms with E-state index in [1.54, 1.807) is 12.1 Å². The Labute approximate surface area is 152 Å². The van der Waals surface area contributed by atoms with Crippen LogP contribution in [0, 0.1) is 23.0 Å². The van der Waals surface area contributed by atoms with Crippen molar-refractivity contribution in [3.8, 4) is 11.8 Å². The second-order valence-electron chi connectivity index (χ2n) is 5.22. The van der Waals surface area contributed by atoms with Crippen molar-refractivity contribution in [2.75, 3.05) is 5.84 Å². The minimum absolute atomic E-state index is 0.0565. The van der Waals surface area contributed by atoms with Gasteiger partial charge in [-0.05, 0) is 42.0 Å². The molecular weight excluding hydrogens is 360 g/mol. The van der Waals surface area contributed by atoms with Crippen LogP contribution in [0.15, 0.2) is 47.6 Å². The summed E-state index contributed by atoms with van der Waals surface area (Å²) in [5, 5.41) is 17.0. The first kappa shape index (κ1) is 17.7. The summed E-state index contributed by atoms with van der Waals surface area (Å²) in [4.78, 5) is 0. The van der Waals surface area contributed by atoms with Crippen molar-refractivity contribution in [3.05, 3.63) is 71.1 Å². The Kier molecular flexibility index (Phi) is 5.34. The molecule has 9 heteroatoms. The molecule has 132 valence electrons. The van der Waals surface area contributed by atoms with Crippen molar-refractivity contribution in [1.82, 2.24) is 14.9 Å². The molecular formula is C17H13F2N5OS. The molecule has 0 aliphatic heterocycles. The molecule has 3 rings (SSSR count). The molecule has 2 aromatic carbocycles. The maximum absolute atomic E-state index is 13.9. The van der Waals surface area contributed by atoms with Crippen molar-refractivity contribution in [2.45, 2.75) is 17.5 Å². The summed E-state index contributed by atoms with van der Waals surface area (Å²) >= 11 is 1.21. The molecule has 0 saturated heterocycles. The molecule has 0 aliphatic carbocycles. The molecule has 3 aromatic rings. The molecule has 0 saturated carbocycles. The van der Waals surface area contributed by atoms with E-state index in [1.807, 2.05) is 6.07 Å². The zero-order valence-electron chi connectivity index (χ0n) is 13.4. The number of aromatic nitrogens is 3. The van der Waals surface area contributed by atoms with Crippen molar-refractivity contribution in [1.29, 1.82) is 5.26 Å². The van der Waals surface area contributed by atoms with Gasteiger partial charge in [0, 0.05) is 5.75 Å². The average molecular weight is 373 g/mol. The van der Waals surface area contributed by atoms with Gasteiger partial charge in [0.25, 0.3) is 0 Å². The van der Waals surface area contributed by atoms with E-state index >= 15 is 0 Å². The normalized spacial score (nSPS) is 10.5. The standard InChI is InChI=1S/C17H13F2N5OS/c18-13-3-5-14(6-4-13)25-9-16-22-23-17(24(16)21)26-10-12-2-1-11(8-20)7-15(12)19/h1-7H,9-10,21H2. The molecule has 6 nitrogen and oxygen atoms in total. The molecule has 0 atom stereocenters. The molecule has 0 spiro atoms. The first-order valence-corrected chi connectivity index (χ1v) is 8.44. The highest BCUT2D eigenvalue weighted by Crippen LogP contribution is 2.23. The summed E-state index contributed by atoms with van der Waals surface area (Å²) in [6.45, 7) is 0.0565. The SMILES string of the molecule is N#Cc1ccc(CSc2nnc(COc3ccc(F)cc3)n2N)c(F)c1. The molecule has 2 N–H and O–H groups in total. The zero-order valence-corrected chi connectivity index (χ0v) is 14.2. The lowest BCUT2D eigenvalue weighted by molar-refractivity contribution is 0.291. The predicted octanol–water partition coefficient (Wildman–Crippen LogP) is 3.01. The van der Waals surface area contributed by atoms with E-state index in [0.29, 0.717) is 22.3 Å².